The second-order valence-corrected chi connectivity index (χ2v) is 3.31. The Labute approximate surface area is 87.3 Å². The lowest BCUT2D eigenvalue weighted by Crippen LogP contribution is -1.99. The fraction of sp³-hybridized carbons (Fsp3) is 0.200. The minimum absolute atomic E-state index is 0.469. The third kappa shape index (κ3) is 1.63. The van der Waals surface area contributed by atoms with E-state index in [1.54, 1.807) is 17.1 Å². The van der Waals surface area contributed by atoms with Crippen LogP contribution in [0.3, 0.4) is 0 Å². The van der Waals surface area contributed by atoms with Crippen LogP contribution < -0.4 is 0 Å². The summed E-state index contributed by atoms with van der Waals surface area (Å²) in [6.07, 6.45) is 5.41. The van der Waals surface area contributed by atoms with Crippen LogP contribution in [0.1, 0.15) is 11.3 Å². The first-order chi connectivity index (χ1) is 6.81. The van der Waals surface area contributed by atoms with Crippen molar-refractivity contribution >= 4 is 11.6 Å². The highest BCUT2D eigenvalue weighted by atomic mass is 35.5. The molecule has 0 fully saturated rings. The molecule has 2 aromatic heterocycles. The average Bonchev–Trinajstić information content (AvgIpc) is 2.65. The maximum absolute atomic E-state index is 5.82. The molecule has 0 aliphatic heterocycles. The van der Waals surface area contributed by atoms with E-state index in [2.05, 4.69) is 10.1 Å². The maximum Gasteiger partial charge on any atom is 0.0872 e. The topological polar surface area (TPSA) is 30.7 Å². The van der Waals surface area contributed by atoms with Crippen molar-refractivity contribution in [2.45, 2.75) is 12.8 Å². The van der Waals surface area contributed by atoms with Gasteiger partial charge >= 0.3 is 0 Å². The van der Waals surface area contributed by atoms with Crippen LogP contribution in [-0.2, 0) is 5.88 Å². The van der Waals surface area contributed by atoms with Crippen LogP contribution >= 0.6 is 11.6 Å². The van der Waals surface area contributed by atoms with Crippen LogP contribution in [0, 0.1) is 6.92 Å². The van der Waals surface area contributed by atoms with Crippen molar-refractivity contribution in [1.82, 2.24) is 14.8 Å². The summed E-state index contributed by atoms with van der Waals surface area (Å²) >= 11 is 5.82. The molecule has 2 heterocycles. The SMILES string of the molecule is Cc1ccn(-c2cnccc2CCl)n1. The Morgan fingerprint density at radius 1 is 1.43 bits per heavy atom. The van der Waals surface area contributed by atoms with E-state index in [4.69, 9.17) is 11.6 Å². The highest BCUT2D eigenvalue weighted by Crippen LogP contribution is 2.14. The van der Waals surface area contributed by atoms with Gasteiger partial charge in [0.05, 0.1) is 17.6 Å². The number of pyridine rings is 1. The lowest BCUT2D eigenvalue weighted by Gasteiger charge is -2.05. The van der Waals surface area contributed by atoms with E-state index in [1.807, 2.05) is 25.3 Å². The van der Waals surface area contributed by atoms with Gasteiger partial charge in [0.1, 0.15) is 0 Å². The van der Waals surface area contributed by atoms with Gasteiger partial charge in [0.25, 0.3) is 0 Å². The van der Waals surface area contributed by atoms with Gasteiger partial charge in [-0.3, -0.25) is 4.98 Å². The molecule has 14 heavy (non-hydrogen) atoms. The van der Waals surface area contributed by atoms with Crippen LogP contribution in [-0.4, -0.2) is 14.8 Å². The fourth-order valence-electron chi connectivity index (χ4n) is 1.28. The second kappa shape index (κ2) is 3.80. The van der Waals surface area contributed by atoms with Crippen LogP contribution in [0.2, 0.25) is 0 Å². The molecule has 0 atom stereocenters. The first-order valence-corrected chi connectivity index (χ1v) is 4.86. The van der Waals surface area contributed by atoms with Crippen molar-refractivity contribution in [3.63, 3.8) is 0 Å². The van der Waals surface area contributed by atoms with Crippen LogP contribution in [0.15, 0.2) is 30.7 Å². The molecule has 3 nitrogen and oxygen atoms in total. The van der Waals surface area contributed by atoms with Gasteiger partial charge in [-0.1, -0.05) is 0 Å². The fourth-order valence-corrected chi connectivity index (χ4v) is 1.51. The summed E-state index contributed by atoms with van der Waals surface area (Å²) < 4.78 is 1.79. The third-order valence-corrected chi connectivity index (χ3v) is 2.29. The van der Waals surface area contributed by atoms with E-state index < -0.39 is 0 Å². The van der Waals surface area contributed by atoms with Gasteiger partial charge in [0.15, 0.2) is 0 Å². The van der Waals surface area contributed by atoms with Crippen molar-refractivity contribution in [3.05, 3.63) is 42.0 Å². The van der Waals surface area contributed by atoms with Gasteiger partial charge in [0, 0.05) is 18.3 Å². The highest BCUT2D eigenvalue weighted by Gasteiger charge is 2.03. The molecule has 0 unspecified atom stereocenters. The molecule has 0 aromatic carbocycles. The van der Waals surface area contributed by atoms with Crippen LogP contribution in [0.4, 0.5) is 0 Å². The summed E-state index contributed by atoms with van der Waals surface area (Å²) in [5, 5.41) is 4.31. The molecule has 0 saturated heterocycles. The monoisotopic (exact) mass is 207 g/mol. The molecule has 4 heteroatoms. The standard InChI is InChI=1S/C10H10ClN3/c1-8-3-5-14(13-8)10-7-12-4-2-9(10)6-11/h2-5,7H,6H2,1H3. The zero-order valence-electron chi connectivity index (χ0n) is 7.81. The van der Waals surface area contributed by atoms with E-state index in [1.165, 1.54) is 0 Å². The van der Waals surface area contributed by atoms with Crippen LogP contribution in [0.25, 0.3) is 5.69 Å². The summed E-state index contributed by atoms with van der Waals surface area (Å²) in [7, 11) is 0. The average molecular weight is 208 g/mol. The highest BCUT2D eigenvalue weighted by molar-refractivity contribution is 6.17. The van der Waals surface area contributed by atoms with E-state index in [0.717, 1.165) is 16.9 Å². The first kappa shape index (κ1) is 9.21. The number of aromatic nitrogens is 3. The zero-order valence-corrected chi connectivity index (χ0v) is 8.57. The third-order valence-electron chi connectivity index (χ3n) is 2.00. The number of aryl methyl sites for hydroxylation is 1. The molecule has 0 bridgehead atoms. The van der Waals surface area contributed by atoms with Crippen molar-refractivity contribution in [2.75, 3.05) is 0 Å². The molecule has 0 aliphatic carbocycles. The Balaban J connectivity index is 2.50. The summed E-state index contributed by atoms with van der Waals surface area (Å²) in [5.41, 5.74) is 2.95. The van der Waals surface area contributed by atoms with Gasteiger partial charge in [-0.05, 0) is 24.6 Å². The van der Waals surface area contributed by atoms with Crippen molar-refractivity contribution in [3.8, 4) is 5.69 Å². The summed E-state index contributed by atoms with van der Waals surface area (Å²) in [4.78, 5) is 4.06. The molecule has 0 amide bonds. The molecule has 2 rings (SSSR count). The second-order valence-electron chi connectivity index (χ2n) is 3.04. The summed E-state index contributed by atoms with van der Waals surface area (Å²) in [6.45, 7) is 1.95. The summed E-state index contributed by atoms with van der Waals surface area (Å²) in [5.74, 6) is 0.469. The minimum atomic E-state index is 0.469. The van der Waals surface area contributed by atoms with Crippen LogP contribution in [0.5, 0.6) is 0 Å². The molecular weight excluding hydrogens is 198 g/mol. The van der Waals surface area contributed by atoms with E-state index >= 15 is 0 Å². The van der Waals surface area contributed by atoms with Crippen molar-refractivity contribution < 1.29 is 0 Å². The Morgan fingerprint density at radius 2 is 2.29 bits per heavy atom. The first-order valence-electron chi connectivity index (χ1n) is 4.33. The van der Waals surface area contributed by atoms with E-state index in [-0.39, 0.29) is 0 Å². The van der Waals surface area contributed by atoms with Gasteiger partial charge < -0.3 is 0 Å². The molecule has 2 aromatic rings. The van der Waals surface area contributed by atoms with Gasteiger partial charge in [-0.15, -0.1) is 11.6 Å². The maximum atomic E-state index is 5.82. The normalized spacial score (nSPS) is 10.4. The molecule has 0 N–H and O–H groups in total. The number of halogens is 1. The number of rotatable bonds is 2. The Hall–Kier alpha value is -1.35. The Kier molecular flexibility index (Phi) is 2.50. The Morgan fingerprint density at radius 3 is 2.93 bits per heavy atom. The Bertz CT molecular complexity index is 436. The summed E-state index contributed by atoms with van der Waals surface area (Å²) in [6, 6.07) is 3.85. The molecule has 0 saturated carbocycles. The molecule has 72 valence electrons. The minimum Gasteiger partial charge on any atom is -0.262 e. The molecule has 0 radical (unpaired) electrons. The molecule has 0 spiro atoms. The quantitative estimate of drug-likeness (QED) is 0.708. The van der Waals surface area contributed by atoms with E-state index in [0.29, 0.717) is 5.88 Å². The lowest BCUT2D eigenvalue weighted by molar-refractivity contribution is 0.848. The number of nitrogens with zero attached hydrogens (tertiary/aromatic N) is 3. The number of hydrogen-bond acceptors (Lipinski definition) is 2. The van der Waals surface area contributed by atoms with E-state index in [9.17, 15) is 0 Å². The van der Waals surface area contributed by atoms with Crippen molar-refractivity contribution in [2.24, 2.45) is 0 Å². The largest absolute Gasteiger partial charge is 0.262 e. The molecule has 0 aliphatic rings. The molecular formula is C10H10ClN3. The number of alkyl halides is 1. The smallest absolute Gasteiger partial charge is 0.0872 e. The van der Waals surface area contributed by atoms with Gasteiger partial charge in [0.2, 0.25) is 0 Å². The predicted molar refractivity (Wildman–Crippen MR) is 55.7 cm³/mol. The number of hydrogen-bond donors (Lipinski definition) is 0. The van der Waals surface area contributed by atoms with Gasteiger partial charge in [-0.2, -0.15) is 5.10 Å². The van der Waals surface area contributed by atoms with Crippen molar-refractivity contribution in [1.29, 1.82) is 0 Å². The zero-order chi connectivity index (χ0) is 9.97. The lowest BCUT2D eigenvalue weighted by atomic mass is 10.2. The van der Waals surface area contributed by atoms with Gasteiger partial charge in [-0.25, -0.2) is 4.68 Å². The predicted octanol–water partition coefficient (Wildman–Crippen LogP) is 2.31.